The lowest BCUT2D eigenvalue weighted by atomic mass is 9.83. The summed E-state index contributed by atoms with van der Waals surface area (Å²) in [6.07, 6.45) is 10.5. The van der Waals surface area contributed by atoms with E-state index in [2.05, 4.69) is 15.5 Å². The molecule has 132 valence electrons. The first-order chi connectivity index (χ1) is 11.2. The van der Waals surface area contributed by atoms with Crippen LogP contribution in [0.25, 0.3) is 0 Å². The maximum absolute atomic E-state index is 12.1. The molecular weight excluding hydrogens is 290 g/mol. The molecule has 0 spiro atoms. The average Bonchev–Trinajstić information content (AvgIpc) is 3.41. The zero-order valence-corrected chi connectivity index (χ0v) is 14.6. The number of nitrogens with zero attached hydrogens (tertiary/aromatic N) is 1. The smallest absolute Gasteiger partial charge is 0.315 e. The topological polar surface area (TPSA) is 53.6 Å². The van der Waals surface area contributed by atoms with Crippen LogP contribution < -0.4 is 10.6 Å². The van der Waals surface area contributed by atoms with E-state index in [-0.39, 0.29) is 6.03 Å². The van der Waals surface area contributed by atoms with E-state index >= 15 is 0 Å². The van der Waals surface area contributed by atoms with Crippen molar-refractivity contribution in [1.82, 2.24) is 15.5 Å². The molecule has 2 aliphatic carbocycles. The van der Waals surface area contributed by atoms with Gasteiger partial charge in [-0.1, -0.05) is 12.8 Å². The zero-order chi connectivity index (χ0) is 16.1. The second-order valence-corrected chi connectivity index (χ2v) is 7.64. The van der Waals surface area contributed by atoms with Gasteiger partial charge < -0.3 is 20.3 Å². The van der Waals surface area contributed by atoms with Gasteiger partial charge in [-0.15, -0.1) is 0 Å². The molecule has 23 heavy (non-hydrogen) atoms. The van der Waals surface area contributed by atoms with E-state index in [1.165, 1.54) is 32.1 Å². The van der Waals surface area contributed by atoms with Crippen molar-refractivity contribution < 1.29 is 9.53 Å². The van der Waals surface area contributed by atoms with Gasteiger partial charge in [0.2, 0.25) is 0 Å². The first-order valence-corrected chi connectivity index (χ1v) is 9.54. The van der Waals surface area contributed by atoms with Crippen LogP contribution in [0.3, 0.4) is 0 Å². The van der Waals surface area contributed by atoms with Crippen LogP contribution in [-0.2, 0) is 4.74 Å². The summed E-state index contributed by atoms with van der Waals surface area (Å²) >= 11 is 0. The molecular formula is C18H33N3O2. The first-order valence-electron chi connectivity index (χ1n) is 9.54. The average molecular weight is 323 g/mol. The summed E-state index contributed by atoms with van der Waals surface area (Å²) in [5.41, 5.74) is 0. The Balaban J connectivity index is 1.27. The Bertz CT molecular complexity index is 378. The second kappa shape index (κ2) is 8.34. The van der Waals surface area contributed by atoms with Crippen LogP contribution in [0.2, 0.25) is 0 Å². The van der Waals surface area contributed by atoms with Crippen molar-refractivity contribution >= 4 is 6.03 Å². The van der Waals surface area contributed by atoms with Crippen LogP contribution >= 0.6 is 0 Å². The molecule has 3 fully saturated rings. The summed E-state index contributed by atoms with van der Waals surface area (Å²) < 4.78 is 5.39. The number of likely N-dealkylation sites (tertiary alicyclic amines) is 1. The molecule has 3 rings (SSSR count). The van der Waals surface area contributed by atoms with Crippen molar-refractivity contribution in [3.8, 4) is 0 Å². The van der Waals surface area contributed by atoms with E-state index < -0.39 is 0 Å². The third-order valence-electron chi connectivity index (χ3n) is 5.92. The van der Waals surface area contributed by atoms with E-state index in [0.29, 0.717) is 12.1 Å². The number of methoxy groups -OCH3 is 1. The molecule has 0 bridgehead atoms. The molecule has 0 unspecified atom stereocenters. The third-order valence-corrected chi connectivity index (χ3v) is 5.92. The van der Waals surface area contributed by atoms with Crippen LogP contribution in [0.4, 0.5) is 4.79 Å². The number of urea groups is 1. The Labute approximate surface area is 140 Å². The lowest BCUT2D eigenvalue weighted by Gasteiger charge is -2.31. The molecule has 0 aromatic carbocycles. The van der Waals surface area contributed by atoms with E-state index in [1.807, 2.05) is 0 Å². The van der Waals surface area contributed by atoms with Gasteiger partial charge in [0, 0.05) is 39.3 Å². The molecule has 1 saturated heterocycles. The number of carbonyl (C=O) groups excluding carboxylic acids is 1. The minimum Gasteiger partial charge on any atom is -0.381 e. The number of rotatable bonds is 6. The summed E-state index contributed by atoms with van der Waals surface area (Å²) in [6.45, 7) is 3.84. The molecule has 2 atom stereocenters. The third kappa shape index (κ3) is 5.35. The van der Waals surface area contributed by atoms with Gasteiger partial charge in [0.1, 0.15) is 0 Å². The van der Waals surface area contributed by atoms with Gasteiger partial charge in [-0.2, -0.15) is 0 Å². The Morgan fingerprint density at radius 3 is 2.57 bits per heavy atom. The Morgan fingerprint density at radius 1 is 1.09 bits per heavy atom. The molecule has 0 aromatic heterocycles. The minimum absolute atomic E-state index is 0.0261. The van der Waals surface area contributed by atoms with E-state index in [1.54, 1.807) is 7.11 Å². The number of carbonyl (C=O) groups is 1. The van der Waals surface area contributed by atoms with Crippen molar-refractivity contribution in [1.29, 1.82) is 0 Å². The minimum atomic E-state index is 0.0261. The number of piperidine rings is 1. The van der Waals surface area contributed by atoms with Gasteiger partial charge in [0.05, 0.1) is 6.10 Å². The summed E-state index contributed by atoms with van der Waals surface area (Å²) in [5.74, 6) is 1.84. The van der Waals surface area contributed by atoms with E-state index in [9.17, 15) is 4.79 Å². The lowest BCUT2D eigenvalue weighted by Crippen LogP contribution is -2.47. The molecule has 2 amide bonds. The van der Waals surface area contributed by atoms with Crippen LogP contribution in [0.15, 0.2) is 0 Å². The van der Waals surface area contributed by atoms with Crippen molar-refractivity contribution in [2.45, 2.75) is 63.5 Å². The summed E-state index contributed by atoms with van der Waals surface area (Å²) in [5, 5.41) is 6.24. The number of ether oxygens (including phenoxy) is 1. The molecule has 1 aliphatic heterocycles. The fourth-order valence-electron chi connectivity index (χ4n) is 4.29. The Kier molecular flexibility index (Phi) is 6.17. The molecule has 5 nitrogen and oxygen atoms in total. The maximum Gasteiger partial charge on any atom is 0.315 e. The number of hydrogen-bond donors (Lipinski definition) is 2. The van der Waals surface area contributed by atoms with Gasteiger partial charge in [-0.3, -0.25) is 0 Å². The molecule has 5 heteroatoms. The van der Waals surface area contributed by atoms with Crippen LogP contribution in [0, 0.1) is 11.8 Å². The van der Waals surface area contributed by atoms with Crippen molar-refractivity contribution in [3.63, 3.8) is 0 Å². The first kappa shape index (κ1) is 17.0. The summed E-state index contributed by atoms with van der Waals surface area (Å²) in [4.78, 5) is 14.5. The fourth-order valence-corrected chi connectivity index (χ4v) is 4.29. The Hall–Kier alpha value is -0.810. The highest BCUT2D eigenvalue weighted by Crippen LogP contribution is 2.43. The fraction of sp³-hybridized carbons (Fsp3) is 0.944. The summed E-state index contributed by atoms with van der Waals surface area (Å²) in [6, 6.07) is 0.421. The van der Waals surface area contributed by atoms with Crippen LogP contribution in [0.5, 0.6) is 0 Å². The van der Waals surface area contributed by atoms with Gasteiger partial charge in [-0.05, 0) is 50.4 Å². The Morgan fingerprint density at radius 2 is 1.87 bits per heavy atom. The highest BCUT2D eigenvalue weighted by atomic mass is 16.5. The molecule has 1 heterocycles. The van der Waals surface area contributed by atoms with E-state index in [4.69, 9.17) is 4.74 Å². The molecule has 0 aromatic rings. The van der Waals surface area contributed by atoms with Gasteiger partial charge >= 0.3 is 6.03 Å². The second-order valence-electron chi connectivity index (χ2n) is 7.64. The van der Waals surface area contributed by atoms with Gasteiger partial charge in [-0.25, -0.2) is 4.79 Å². The number of hydrogen-bond acceptors (Lipinski definition) is 3. The lowest BCUT2D eigenvalue weighted by molar-refractivity contribution is 0.0416. The highest BCUT2D eigenvalue weighted by molar-refractivity contribution is 5.74. The summed E-state index contributed by atoms with van der Waals surface area (Å²) in [7, 11) is 1.80. The van der Waals surface area contributed by atoms with Crippen molar-refractivity contribution in [3.05, 3.63) is 0 Å². The molecule has 2 N–H and O–H groups in total. The molecule has 3 aliphatic rings. The number of nitrogens with one attached hydrogen (secondary N) is 2. The quantitative estimate of drug-likeness (QED) is 0.789. The largest absolute Gasteiger partial charge is 0.381 e. The SMILES string of the molecule is COC1CCN(CCNC(=O)N[C@H]2CCC[C@H](C3CC3)C2)CC1. The monoisotopic (exact) mass is 323 g/mol. The maximum atomic E-state index is 12.1. The predicted molar refractivity (Wildman–Crippen MR) is 91.5 cm³/mol. The predicted octanol–water partition coefficient (Wildman–Crippen LogP) is 2.37. The normalized spacial score (nSPS) is 30.1. The van der Waals surface area contributed by atoms with Crippen molar-refractivity contribution in [2.75, 3.05) is 33.3 Å². The van der Waals surface area contributed by atoms with E-state index in [0.717, 1.165) is 57.3 Å². The van der Waals surface area contributed by atoms with Crippen LogP contribution in [-0.4, -0.2) is 56.4 Å². The van der Waals surface area contributed by atoms with Gasteiger partial charge in [0.15, 0.2) is 0 Å². The van der Waals surface area contributed by atoms with Crippen molar-refractivity contribution in [2.24, 2.45) is 11.8 Å². The number of amides is 2. The van der Waals surface area contributed by atoms with Gasteiger partial charge in [0.25, 0.3) is 0 Å². The molecule has 0 radical (unpaired) electrons. The highest BCUT2D eigenvalue weighted by Gasteiger charge is 2.35. The van der Waals surface area contributed by atoms with Crippen LogP contribution in [0.1, 0.15) is 51.4 Å². The zero-order valence-electron chi connectivity index (χ0n) is 14.6. The standard InChI is InChI=1S/C18H33N3O2/c1-23-17-7-10-21(11-8-17)12-9-19-18(22)20-16-4-2-3-15(13-16)14-5-6-14/h14-17H,2-13H2,1H3,(H2,19,20,22)/t15-,16-/m0/s1. The molecule has 2 saturated carbocycles.